The van der Waals surface area contributed by atoms with Crippen molar-refractivity contribution in [2.75, 3.05) is 33.7 Å². The lowest BCUT2D eigenvalue weighted by Gasteiger charge is -2.21. The van der Waals surface area contributed by atoms with Crippen LogP contribution in [0.5, 0.6) is 0 Å². The van der Waals surface area contributed by atoms with Gasteiger partial charge in [-0.3, -0.25) is 9.79 Å². The van der Waals surface area contributed by atoms with Crippen LogP contribution in [0, 0.1) is 0 Å². The van der Waals surface area contributed by atoms with E-state index in [1.54, 1.807) is 19.2 Å². The second-order valence-electron chi connectivity index (χ2n) is 5.02. The van der Waals surface area contributed by atoms with Gasteiger partial charge in [-0.25, -0.2) is 0 Å². The molecule has 0 bridgehead atoms. The largest absolute Gasteiger partial charge is 0.354 e. The molecule has 0 saturated heterocycles. The van der Waals surface area contributed by atoms with Crippen LogP contribution in [-0.2, 0) is 0 Å². The Bertz CT molecular complexity index is 511. The van der Waals surface area contributed by atoms with Gasteiger partial charge in [0.25, 0.3) is 5.91 Å². The summed E-state index contributed by atoms with van der Waals surface area (Å²) < 4.78 is 0.899. The molecule has 23 heavy (non-hydrogen) atoms. The summed E-state index contributed by atoms with van der Waals surface area (Å²) in [5.74, 6) is 0.780. The van der Waals surface area contributed by atoms with Gasteiger partial charge in [0.2, 0.25) is 0 Å². The highest BCUT2D eigenvalue weighted by molar-refractivity contribution is 14.0. The predicted molar refractivity (Wildman–Crippen MR) is 111 cm³/mol. The Balaban J connectivity index is 0.00000484. The molecule has 0 spiro atoms. The number of aliphatic imine (C=N–C) groups is 1. The molecule has 0 fully saturated rings. The Morgan fingerprint density at radius 1 is 1.30 bits per heavy atom. The van der Waals surface area contributed by atoms with Crippen LogP contribution in [0.1, 0.15) is 30.1 Å². The highest BCUT2D eigenvalue weighted by atomic mass is 127. The first-order valence-corrected chi connectivity index (χ1v) is 8.33. The standard InChI is InChI=1S/C16H25BrN4O.HI/c1-4-5-11-21(3)16(18-2)20-10-9-19-15(22)13-7-6-8-14(17)12-13;/h6-8,12H,4-5,9-11H2,1-3H3,(H,18,20)(H,19,22);1H. The van der Waals surface area contributed by atoms with E-state index in [0.29, 0.717) is 18.7 Å². The molecule has 0 unspecified atom stereocenters. The van der Waals surface area contributed by atoms with Crippen LogP contribution in [0.3, 0.4) is 0 Å². The van der Waals surface area contributed by atoms with Gasteiger partial charge in [0, 0.05) is 43.8 Å². The molecule has 5 nitrogen and oxygen atoms in total. The second-order valence-corrected chi connectivity index (χ2v) is 5.93. The molecule has 0 heterocycles. The van der Waals surface area contributed by atoms with Gasteiger partial charge in [-0.2, -0.15) is 0 Å². The molecule has 0 aliphatic carbocycles. The average molecular weight is 497 g/mol. The minimum Gasteiger partial charge on any atom is -0.354 e. The van der Waals surface area contributed by atoms with E-state index in [2.05, 4.69) is 43.4 Å². The smallest absolute Gasteiger partial charge is 0.251 e. The fourth-order valence-corrected chi connectivity index (χ4v) is 2.37. The maximum atomic E-state index is 12.0. The fraction of sp³-hybridized carbons (Fsp3) is 0.500. The first-order valence-electron chi connectivity index (χ1n) is 7.54. The summed E-state index contributed by atoms with van der Waals surface area (Å²) in [5, 5.41) is 6.14. The predicted octanol–water partition coefficient (Wildman–Crippen LogP) is 3.10. The minimum absolute atomic E-state index is 0. The highest BCUT2D eigenvalue weighted by Crippen LogP contribution is 2.11. The third-order valence-electron chi connectivity index (χ3n) is 3.20. The van der Waals surface area contributed by atoms with Crippen molar-refractivity contribution in [3.8, 4) is 0 Å². The van der Waals surface area contributed by atoms with Crippen molar-refractivity contribution < 1.29 is 4.79 Å². The minimum atomic E-state index is -0.0718. The number of hydrogen-bond donors (Lipinski definition) is 2. The zero-order valence-corrected chi connectivity index (χ0v) is 17.9. The molecule has 1 amide bonds. The zero-order valence-electron chi connectivity index (χ0n) is 13.9. The number of carbonyl (C=O) groups excluding carboxylic acids is 1. The maximum absolute atomic E-state index is 12.0. The topological polar surface area (TPSA) is 56.7 Å². The third kappa shape index (κ3) is 8.55. The monoisotopic (exact) mass is 496 g/mol. The van der Waals surface area contributed by atoms with E-state index in [1.807, 2.05) is 19.2 Å². The molecule has 0 aliphatic heterocycles. The van der Waals surface area contributed by atoms with Crippen LogP contribution in [0.25, 0.3) is 0 Å². The number of rotatable bonds is 7. The van der Waals surface area contributed by atoms with E-state index in [0.717, 1.165) is 29.8 Å². The van der Waals surface area contributed by atoms with Crippen LogP contribution in [-0.4, -0.2) is 50.5 Å². The van der Waals surface area contributed by atoms with Gasteiger partial charge in [0.15, 0.2) is 5.96 Å². The van der Waals surface area contributed by atoms with Crippen molar-refractivity contribution >= 4 is 51.8 Å². The normalized spacial score (nSPS) is 10.7. The van der Waals surface area contributed by atoms with Crippen molar-refractivity contribution in [2.45, 2.75) is 19.8 Å². The summed E-state index contributed by atoms with van der Waals surface area (Å²) >= 11 is 3.36. The molecule has 0 aromatic heterocycles. The summed E-state index contributed by atoms with van der Waals surface area (Å²) in [6, 6.07) is 7.35. The van der Waals surface area contributed by atoms with E-state index in [1.165, 1.54) is 0 Å². The van der Waals surface area contributed by atoms with Crippen molar-refractivity contribution in [3.05, 3.63) is 34.3 Å². The summed E-state index contributed by atoms with van der Waals surface area (Å²) in [6.45, 7) is 4.33. The first kappa shape index (κ1) is 22.2. The van der Waals surface area contributed by atoms with Crippen molar-refractivity contribution in [1.82, 2.24) is 15.5 Å². The molecule has 2 N–H and O–H groups in total. The third-order valence-corrected chi connectivity index (χ3v) is 3.69. The number of carbonyl (C=O) groups is 1. The van der Waals surface area contributed by atoms with Gasteiger partial charge in [0.1, 0.15) is 0 Å². The molecule has 0 atom stereocenters. The van der Waals surface area contributed by atoms with Crippen LogP contribution >= 0.6 is 39.9 Å². The van der Waals surface area contributed by atoms with Crippen molar-refractivity contribution in [2.24, 2.45) is 4.99 Å². The van der Waals surface area contributed by atoms with E-state index in [-0.39, 0.29) is 29.9 Å². The molecular formula is C16H26BrIN4O. The SMILES string of the molecule is CCCCN(C)C(=NC)NCCNC(=O)c1cccc(Br)c1.I. The van der Waals surface area contributed by atoms with Gasteiger partial charge >= 0.3 is 0 Å². The molecule has 130 valence electrons. The second kappa shape index (κ2) is 12.6. The lowest BCUT2D eigenvalue weighted by Crippen LogP contribution is -2.42. The molecule has 0 saturated carbocycles. The number of halogens is 2. The molecule has 1 aromatic carbocycles. The fourth-order valence-electron chi connectivity index (χ4n) is 1.97. The number of benzene rings is 1. The number of nitrogens with one attached hydrogen (secondary N) is 2. The van der Waals surface area contributed by atoms with E-state index >= 15 is 0 Å². The van der Waals surface area contributed by atoms with E-state index in [4.69, 9.17) is 0 Å². The van der Waals surface area contributed by atoms with E-state index < -0.39 is 0 Å². The lowest BCUT2D eigenvalue weighted by atomic mass is 10.2. The maximum Gasteiger partial charge on any atom is 0.251 e. The highest BCUT2D eigenvalue weighted by Gasteiger charge is 2.06. The van der Waals surface area contributed by atoms with Gasteiger partial charge in [-0.15, -0.1) is 24.0 Å². The first-order chi connectivity index (χ1) is 10.6. The van der Waals surface area contributed by atoms with Crippen LogP contribution in [0.15, 0.2) is 33.7 Å². The van der Waals surface area contributed by atoms with Gasteiger partial charge in [0.05, 0.1) is 0 Å². The summed E-state index contributed by atoms with van der Waals surface area (Å²) in [7, 11) is 3.79. The number of amides is 1. The Morgan fingerprint density at radius 3 is 2.61 bits per heavy atom. The lowest BCUT2D eigenvalue weighted by molar-refractivity contribution is 0.0954. The molecule has 7 heteroatoms. The van der Waals surface area contributed by atoms with Crippen LogP contribution in [0.2, 0.25) is 0 Å². The van der Waals surface area contributed by atoms with Crippen molar-refractivity contribution in [1.29, 1.82) is 0 Å². The summed E-state index contributed by atoms with van der Waals surface area (Å²) in [4.78, 5) is 18.3. The van der Waals surface area contributed by atoms with Crippen LogP contribution in [0.4, 0.5) is 0 Å². The average Bonchev–Trinajstić information content (AvgIpc) is 2.52. The molecule has 1 rings (SSSR count). The Kier molecular flexibility index (Phi) is 12.1. The zero-order chi connectivity index (χ0) is 16.4. The van der Waals surface area contributed by atoms with Gasteiger partial charge in [-0.05, 0) is 24.6 Å². The quantitative estimate of drug-likeness (QED) is 0.264. The number of hydrogen-bond acceptors (Lipinski definition) is 2. The summed E-state index contributed by atoms with van der Waals surface area (Å²) in [6.07, 6.45) is 2.29. The Morgan fingerprint density at radius 2 is 2.00 bits per heavy atom. The molecular weight excluding hydrogens is 471 g/mol. The number of unbranched alkanes of at least 4 members (excludes halogenated alkanes) is 1. The van der Waals surface area contributed by atoms with Crippen molar-refractivity contribution in [3.63, 3.8) is 0 Å². The molecule has 0 aliphatic rings. The Labute approximate surface area is 164 Å². The Hall–Kier alpha value is -0.830. The van der Waals surface area contributed by atoms with Gasteiger partial charge < -0.3 is 15.5 Å². The van der Waals surface area contributed by atoms with Crippen LogP contribution < -0.4 is 10.6 Å². The number of nitrogens with zero attached hydrogens (tertiary/aromatic N) is 2. The molecule has 1 aromatic rings. The van der Waals surface area contributed by atoms with E-state index in [9.17, 15) is 4.79 Å². The number of guanidine groups is 1. The van der Waals surface area contributed by atoms with Gasteiger partial charge in [-0.1, -0.05) is 35.3 Å². The molecule has 0 radical (unpaired) electrons. The summed E-state index contributed by atoms with van der Waals surface area (Å²) in [5.41, 5.74) is 0.652.